The Bertz CT molecular complexity index is 495. The van der Waals surface area contributed by atoms with Gasteiger partial charge in [0.15, 0.2) is 0 Å². The number of nitrogens with zero attached hydrogens (tertiary/aromatic N) is 1. The van der Waals surface area contributed by atoms with Crippen LogP contribution in [0.3, 0.4) is 0 Å². The highest BCUT2D eigenvalue weighted by Gasteiger charge is 2.24. The summed E-state index contributed by atoms with van der Waals surface area (Å²) in [6.45, 7) is 5.58. The fourth-order valence-electron chi connectivity index (χ4n) is 2.58. The van der Waals surface area contributed by atoms with Crippen molar-refractivity contribution in [2.24, 2.45) is 0 Å². The molecule has 1 aromatic heterocycles. The number of nitrogens with one attached hydrogen (secondary N) is 2. The highest BCUT2D eigenvalue weighted by atomic mass is 16.6. The van der Waals surface area contributed by atoms with E-state index in [1.54, 1.807) is 18.1 Å². The minimum absolute atomic E-state index is 0.0126. The average Bonchev–Trinajstić information content (AvgIpc) is 3.08. The van der Waals surface area contributed by atoms with Gasteiger partial charge in [-0.25, -0.2) is 4.79 Å². The Morgan fingerprint density at radius 2 is 2.17 bits per heavy atom. The number of piperidine rings is 1. The van der Waals surface area contributed by atoms with E-state index in [1.165, 1.54) is 0 Å². The summed E-state index contributed by atoms with van der Waals surface area (Å²) in [6, 6.07) is 3.79. The van der Waals surface area contributed by atoms with Crippen molar-refractivity contribution in [1.29, 1.82) is 0 Å². The van der Waals surface area contributed by atoms with E-state index in [0.717, 1.165) is 18.6 Å². The molecule has 1 atom stereocenters. The average molecular weight is 323 g/mol. The molecule has 1 aromatic rings. The van der Waals surface area contributed by atoms with Crippen LogP contribution >= 0.6 is 0 Å². The number of hydrogen-bond acceptors (Lipinski definition) is 5. The van der Waals surface area contributed by atoms with Crippen LogP contribution in [0.2, 0.25) is 0 Å². The molecule has 2 rings (SSSR count). The summed E-state index contributed by atoms with van der Waals surface area (Å²) in [7, 11) is 0. The van der Waals surface area contributed by atoms with Crippen molar-refractivity contribution in [3.05, 3.63) is 24.2 Å². The topological polar surface area (TPSA) is 83.8 Å². The van der Waals surface area contributed by atoms with E-state index in [-0.39, 0.29) is 30.6 Å². The van der Waals surface area contributed by atoms with Crippen LogP contribution in [0.4, 0.5) is 4.79 Å². The van der Waals surface area contributed by atoms with Crippen LogP contribution in [-0.2, 0) is 9.53 Å². The molecule has 0 aliphatic carbocycles. The Balaban J connectivity index is 1.66. The van der Waals surface area contributed by atoms with Gasteiger partial charge in [0.1, 0.15) is 5.76 Å². The molecular weight excluding hydrogens is 298 g/mol. The van der Waals surface area contributed by atoms with Crippen LogP contribution in [0, 0.1) is 0 Å². The first-order valence-electron chi connectivity index (χ1n) is 8.08. The SMILES string of the molecule is CCOC(=O)N1CCC(NC(=O)CN[C@H](C)c2ccco2)CC1. The second-order valence-electron chi connectivity index (χ2n) is 5.65. The zero-order valence-corrected chi connectivity index (χ0v) is 13.7. The van der Waals surface area contributed by atoms with Gasteiger partial charge in [0, 0.05) is 19.1 Å². The number of likely N-dealkylation sites (tertiary alicyclic amines) is 1. The molecule has 0 radical (unpaired) electrons. The lowest BCUT2D eigenvalue weighted by Crippen LogP contribution is -2.48. The molecular formula is C16H25N3O4. The van der Waals surface area contributed by atoms with E-state index in [4.69, 9.17) is 9.15 Å². The molecule has 0 saturated carbocycles. The number of carbonyl (C=O) groups is 2. The van der Waals surface area contributed by atoms with Gasteiger partial charge in [-0.1, -0.05) is 0 Å². The minimum atomic E-state index is -0.272. The molecule has 1 fully saturated rings. The second kappa shape index (κ2) is 8.57. The van der Waals surface area contributed by atoms with E-state index in [2.05, 4.69) is 10.6 Å². The van der Waals surface area contributed by atoms with Crippen LogP contribution in [0.5, 0.6) is 0 Å². The third-order valence-corrected chi connectivity index (χ3v) is 3.92. The third kappa shape index (κ3) is 5.28. The number of rotatable bonds is 6. The van der Waals surface area contributed by atoms with E-state index in [1.807, 2.05) is 19.1 Å². The Labute approximate surface area is 136 Å². The van der Waals surface area contributed by atoms with Gasteiger partial charge >= 0.3 is 6.09 Å². The smallest absolute Gasteiger partial charge is 0.409 e. The molecule has 128 valence electrons. The predicted octanol–water partition coefficient (Wildman–Crippen LogP) is 1.67. The molecule has 0 spiro atoms. The second-order valence-corrected chi connectivity index (χ2v) is 5.65. The number of ether oxygens (including phenoxy) is 1. The number of amides is 2. The molecule has 1 aliphatic rings. The molecule has 2 N–H and O–H groups in total. The molecule has 7 heteroatoms. The van der Waals surface area contributed by atoms with Gasteiger partial charge in [0.05, 0.1) is 25.5 Å². The summed E-state index contributed by atoms with van der Waals surface area (Å²) in [4.78, 5) is 25.3. The van der Waals surface area contributed by atoms with Crippen molar-refractivity contribution in [3.63, 3.8) is 0 Å². The van der Waals surface area contributed by atoms with Crippen molar-refractivity contribution in [2.75, 3.05) is 26.2 Å². The van der Waals surface area contributed by atoms with Gasteiger partial charge in [0.2, 0.25) is 5.91 Å². The van der Waals surface area contributed by atoms with Crippen LogP contribution in [0.1, 0.15) is 38.5 Å². The predicted molar refractivity (Wildman–Crippen MR) is 84.9 cm³/mol. The maximum atomic E-state index is 12.0. The first-order valence-corrected chi connectivity index (χ1v) is 8.08. The highest BCUT2D eigenvalue weighted by molar-refractivity contribution is 5.78. The number of hydrogen-bond donors (Lipinski definition) is 2. The van der Waals surface area contributed by atoms with Crippen molar-refractivity contribution >= 4 is 12.0 Å². The monoisotopic (exact) mass is 323 g/mol. The highest BCUT2D eigenvalue weighted by Crippen LogP contribution is 2.13. The Hall–Kier alpha value is -2.02. The molecule has 7 nitrogen and oxygen atoms in total. The van der Waals surface area contributed by atoms with Gasteiger partial charge in [0.25, 0.3) is 0 Å². The molecule has 2 amide bonds. The Morgan fingerprint density at radius 1 is 1.43 bits per heavy atom. The quantitative estimate of drug-likeness (QED) is 0.832. The summed E-state index contributed by atoms with van der Waals surface area (Å²) >= 11 is 0. The summed E-state index contributed by atoms with van der Waals surface area (Å²) in [6.07, 6.45) is 2.84. The lowest BCUT2D eigenvalue weighted by molar-refractivity contribution is -0.121. The first-order chi connectivity index (χ1) is 11.1. The van der Waals surface area contributed by atoms with E-state index in [9.17, 15) is 9.59 Å². The van der Waals surface area contributed by atoms with Gasteiger partial charge in [-0.05, 0) is 38.8 Å². The fourth-order valence-corrected chi connectivity index (χ4v) is 2.58. The maximum absolute atomic E-state index is 12.0. The molecule has 2 heterocycles. The first kappa shape index (κ1) is 17.3. The van der Waals surface area contributed by atoms with Gasteiger partial charge in [-0.2, -0.15) is 0 Å². The molecule has 1 saturated heterocycles. The number of carbonyl (C=O) groups excluding carboxylic acids is 2. The van der Waals surface area contributed by atoms with Crippen molar-refractivity contribution in [1.82, 2.24) is 15.5 Å². The van der Waals surface area contributed by atoms with Crippen LogP contribution in [-0.4, -0.2) is 49.2 Å². The van der Waals surface area contributed by atoms with Gasteiger partial charge < -0.3 is 19.4 Å². The summed E-state index contributed by atoms with van der Waals surface area (Å²) < 4.78 is 10.3. The largest absolute Gasteiger partial charge is 0.468 e. The maximum Gasteiger partial charge on any atom is 0.409 e. The zero-order chi connectivity index (χ0) is 16.7. The van der Waals surface area contributed by atoms with Crippen molar-refractivity contribution < 1.29 is 18.7 Å². The fraction of sp³-hybridized carbons (Fsp3) is 0.625. The summed E-state index contributed by atoms with van der Waals surface area (Å²) in [5, 5.41) is 6.13. The summed E-state index contributed by atoms with van der Waals surface area (Å²) in [5.41, 5.74) is 0. The van der Waals surface area contributed by atoms with E-state index < -0.39 is 0 Å². The normalized spacial score (nSPS) is 16.9. The van der Waals surface area contributed by atoms with Crippen LogP contribution in [0.25, 0.3) is 0 Å². The van der Waals surface area contributed by atoms with Crippen LogP contribution in [0.15, 0.2) is 22.8 Å². The third-order valence-electron chi connectivity index (χ3n) is 3.92. The number of furan rings is 1. The van der Waals surface area contributed by atoms with Gasteiger partial charge in [-0.3, -0.25) is 10.1 Å². The Morgan fingerprint density at radius 3 is 2.78 bits per heavy atom. The molecule has 1 aliphatic heterocycles. The van der Waals surface area contributed by atoms with E-state index >= 15 is 0 Å². The molecule has 0 aromatic carbocycles. The van der Waals surface area contributed by atoms with E-state index in [0.29, 0.717) is 19.7 Å². The molecule has 0 bridgehead atoms. The lowest BCUT2D eigenvalue weighted by atomic mass is 10.1. The summed E-state index contributed by atoms with van der Waals surface area (Å²) in [5.74, 6) is 0.763. The standard InChI is InChI=1S/C16H25N3O4/c1-3-22-16(21)19-8-6-13(7-9-19)18-15(20)11-17-12(2)14-5-4-10-23-14/h4-5,10,12-13,17H,3,6-9,11H2,1-2H3,(H,18,20)/t12-/m1/s1. The molecule has 23 heavy (non-hydrogen) atoms. The zero-order valence-electron chi connectivity index (χ0n) is 13.7. The lowest BCUT2D eigenvalue weighted by Gasteiger charge is -2.31. The van der Waals surface area contributed by atoms with Crippen LogP contribution < -0.4 is 10.6 Å². The minimum Gasteiger partial charge on any atom is -0.468 e. The van der Waals surface area contributed by atoms with Crippen molar-refractivity contribution in [2.45, 2.75) is 38.8 Å². The van der Waals surface area contributed by atoms with Crippen molar-refractivity contribution in [3.8, 4) is 0 Å². The molecule has 0 unspecified atom stereocenters. The van der Waals surface area contributed by atoms with Gasteiger partial charge in [-0.15, -0.1) is 0 Å². The Kier molecular flexibility index (Phi) is 6.46.